The van der Waals surface area contributed by atoms with Crippen molar-refractivity contribution in [3.63, 3.8) is 0 Å². The topological polar surface area (TPSA) is 41.1 Å². The average Bonchev–Trinajstić information content (AvgIpc) is 2.62. The smallest absolute Gasteiger partial charge is 0.257 e. The van der Waals surface area contributed by atoms with Crippen LogP contribution in [-0.4, -0.2) is 11.0 Å². The molecule has 3 nitrogen and oxygen atoms in total. The van der Waals surface area contributed by atoms with E-state index in [1.54, 1.807) is 24.3 Å². The minimum absolute atomic E-state index is 0.232. The standard InChI is InChI=1S/C20H15ClN2OS/c21-17-10-4-9-16(12-17)19(24)23-20(25)22-18-11-5-8-15(13-18)14-6-2-1-3-7-14/h1-13H,(H2,22,23,24,25). The van der Waals surface area contributed by atoms with Crippen LogP contribution in [0.25, 0.3) is 11.1 Å². The van der Waals surface area contributed by atoms with E-state index in [2.05, 4.69) is 10.6 Å². The third-order valence-electron chi connectivity index (χ3n) is 3.54. The number of nitrogens with one attached hydrogen (secondary N) is 2. The fraction of sp³-hybridized carbons (Fsp3) is 0. The van der Waals surface area contributed by atoms with Crippen LogP contribution in [0.4, 0.5) is 5.69 Å². The number of halogens is 1. The maximum absolute atomic E-state index is 12.2. The molecule has 0 aliphatic heterocycles. The Balaban J connectivity index is 1.68. The first-order valence-electron chi connectivity index (χ1n) is 7.65. The molecule has 0 aromatic heterocycles. The molecule has 0 aliphatic rings. The Bertz CT molecular complexity index is 912. The van der Waals surface area contributed by atoms with Gasteiger partial charge in [-0.15, -0.1) is 0 Å². The molecule has 0 saturated carbocycles. The quantitative estimate of drug-likeness (QED) is 0.631. The van der Waals surface area contributed by atoms with Gasteiger partial charge in [0.2, 0.25) is 0 Å². The number of rotatable bonds is 3. The average molecular weight is 367 g/mol. The molecule has 1 amide bonds. The van der Waals surface area contributed by atoms with Crippen molar-refractivity contribution >= 4 is 40.5 Å². The van der Waals surface area contributed by atoms with Gasteiger partial charge in [0.1, 0.15) is 0 Å². The van der Waals surface area contributed by atoms with Crippen LogP contribution in [0.15, 0.2) is 78.9 Å². The van der Waals surface area contributed by atoms with Crippen LogP contribution >= 0.6 is 23.8 Å². The van der Waals surface area contributed by atoms with Crippen LogP contribution in [0, 0.1) is 0 Å². The summed E-state index contributed by atoms with van der Waals surface area (Å²) in [5, 5.41) is 6.42. The summed E-state index contributed by atoms with van der Waals surface area (Å²) < 4.78 is 0. The Kier molecular flexibility index (Phi) is 5.43. The Hall–Kier alpha value is -2.69. The molecule has 124 valence electrons. The van der Waals surface area contributed by atoms with E-state index in [1.807, 2.05) is 54.6 Å². The van der Waals surface area contributed by atoms with E-state index in [0.29, 0.717) is 10.6 Å². The molecule has 0 heterocycles. The van der Waals surface area contributed by atoms with E-state index in [4.69, 9.17) is 23.8 Å². The Morgan fingerprint density at radius 2 is 1.56 bits per heavy atom. The van der Waals surface area contributed by atoms with E-state index in [-0.39, 0.29) is 11.0 Å². The molecule has 0 radical (unpaired) electrons. The van der Waals surface area contributed by atoms with Gasteiger partial charge in [0.25, 0.3) is 5.91 Å². The van der Waals surface area contributed by atoms with E-state index < -0.39 is 0 Å². The predicted octanol–water partition coefficient (Wildman–Crippen LogP) is 5.13. The lowest BCUT2D eigenvalue weighted by Crippen LogP contribution is -2.34. The molecule has 0 atom stereocenters. The predicted molar refractivity (Wildman–Crippen MR) is 107 cm³/mol. The van der Waals surface area contributed by atoms with Crippen molar-refractivity contribution in [1.82, 2.24) is 5.32 Å². The molecule has 3 aromatic carbocycles. The lowest BCUT2D eigenvalue weighted by molar-refractivity contribution is 0.0977. The van der Waals surface area contributed by atoms with E-state index >= 15 is 0 Å². The summed E-state index contributed by atoms with van der Waals surface area (Å²) in [4.78, 5) is 12.2. The number of hydrogen-bond acceptors (Lipinski definition) is 2. The molecule has 0 aliphatic carbocycles. The molecule has 3 aromatic rings. The van der Waals surface area contributed by atoms with Crippen molar-refractivity contribution in [1.29, 1.82) is 0 Å². The van der Waals surface area contributed by atoms with Gasteiger partial charge in [-0.25, -0.2) is 0 Å². The van der Waals surface area contributed by atoms with Gasteiger partial charge in [-0.05, 0) is 53.7 Å². The minimum Gasteiger partial charge on any atom is -0.332 e. The molecule has 3 rings (SSSR count). The number of benzene rings is 3. The van der Waals surface area contributed by atoms with Crippen LogP contribution in [-0.2, 0) is 0 Å². The number of carbonyl (C=O) groups is 1. The van der Waals surface area contributed by atoms with Crippen molar-refractivity contribution < 1.29 is 4.79 Å². The number of anilines is 1. The van der Waals surface area contributed by atoms with Gasteiger partial charge >= 0.3 is 0 Å². The monoisotopic (exact) mass is 366 g/mol. The third kappa shape index (κ3) is 4.66. The zero-order valence-electron chi connectivity index (χ0n) is 13.2. The summed E-state index contributed by atoms with van der Waals surface area (Å²) in [5.41, 5.74) is 3.43. The van der Waals surface area contributed by atoms with Crippen molar-refractivity contribution in [2.45, 2.75) is 0 Å². The molecule has 5 heteroatoms. The lowest BCUT2D eigenvalue weighted by Gasteiger charge is -2.11. The zero-order chi connectivity index (χ0) is 17.6. The van der Waals surface area contributed by atoms with Gasteiger partial charge in [-0.3, -0.25) is 10.1 Å². The fourth-order valence-electron chi connectivity index (χ4n) is 2.37. The zero-order valence-corrected chi connectivity index (χ0v) is 14.8. The number of hydrogen-bond donors (Lipinski definition) is 2. The van der Waals surface area contributed by atoms with Crippen molar-refractivity contribution in [3.8, 4) is 11.1 Å². The maximum atomic E-state index is 12.2. The first kappa shape index (κ1) is 17.1. The first-order chi connectivity index (χ1) is 12.1. The van der Waals surface area contributed by atoms with Crippen LogP contribution < -0.4 is 10.6 Å². The van der Waals surface area contributed by atoms with Crippen molar-refractivity contribution in [2.24, 2.45) is 0 Å². The Morgan fingerprint density at radius 1 is 0.840 bits per heavy atom. The van der Waals surface area contributed by atoms with Crippen LogP contribution in [0.3, 0.4) is 0 Å². The number of amides is 1. The second-order valence-electron chi connectivity index (χ2n) is 5.37. The minimum atomic E-state index is -0.306. The molecule has 0 unspecified atom stereocenters. The van der Waals surface area contributed by atoms with E-state index in [0.717, 1.165) is 16.8 Å². The maximum Gasteiger partial charge on any atom is 0.257 e. The van der Waals surface area contributed by atoms with Crippen LogP contribution in [0.5, 0.6) is 0 Å². The normalized spacial score (nSPS) is 10.1. The largest absolute Gasteiger partial charge is 0.332 e. The molecule has 0 saturated heterocycles. The molecule has 2 N–H and O–H groups in total. The highest BCUT2D eigenvalue weighted by atomic mass is 35.5. The summed E-state index contributed by atoms with van der Waals surface area (Å²) in [5.74, 6) is -0.306. The van der Waals surface area contributed by atoms with Gasteiger partial charge in [0, 0.05) is 16.3 Å². The van der Waals surface area contributed by atoms with E-state index in [9.17, 15) is 4.79 Å². The first-order valence-corrected chi connectivity index (χ1v) is 8.44. The number of thiocarbonyl (C=S) groups is 1. The highest BCUT2D eigenvalue weighted by molar-refractivity contribution is 7.80. The highest BCUT2D eigenvalue weighted by Gasteiger charge is 2.08. The van der Waals surface area contributed by atoms with Crippen molar-refractivity contribution in [3.05, 3.63) is 89.4 Å². The summed E-state index contributed by atoms with van der Waals surface area (Å²) in [7, 11) is 0. The highest BCUT2D eigenvalue weighted by Crippen LogP contribution is 2.22. The van der Waals surface area contributed by atoms with Crippen LogP contribution in [0.2, 0.25) is 5.02 Å². The van der Waals surface area contributed by atoms with Gasteiger partial charge in [-0.1, -0.05) is 60.1 Å². The molecular formula is C20H15ClN2OS. The number of carbonyl (C=O) groups excluding carboxylic acids is 1. The molecular weight excluding hydrogens is 352 g/mol. The Morgan fingerprint density at radius 3 is 2.32 bits per heavy atom. The van der Waals surface area contributed by atoms with Gasteiger partial charge in [0.15, 0.2) is 5.11 Å². The Labute approximate surface area is 156 Å². The fourth-order valence-corrected chi connectivity index (χ4v) is 2.78. The van der Waals surface area contributed by atoms with E-state index in [1.165, 1.54) is 0 Å². The summed E-state index contributed by atoms with van der Waals surface area (Å²) in [6.45, 7) is 0. The molecule has 25 heavy (non-hydrogen) atoms. The second-order valence-corrected chi connectivity index (χ2v) is 6.21. The molecule has 0 bridgehead atoms. The SMILES string of the molecule is O=C(NC(=S)Nc1cccc(-c2ccccc2)c1)c1cccc(Cl)c1. The summed E-state index contributed by atoms with van der Waals surface area (Å²) >= 11 is 11.1. The lowest BCUT2D eigenvalue weighted by atomic mass is 10.1. The van der Waals surface area contributed by atoms with Gasteiger partial charge < -0.3 is 5.32 Å². The molecule has 0 fully saturated rings. The molecule has 0 spiro atoms. The van der Waals surface area contributed by atoms with Gasteiger partial charge in [-0.2, -0.15) is 0 Å². The third-order valence-corrected chi connectivity index (χ3v) is 3.98. The van der Waals surface area contributed by atoms with Crippen molar-refractivity contribution in [2.75, 3.05) is 5.32 Å². The summed E-state index contributed by atoms with van der Waals surface area (Å²) in [6.07, 6.45) is 0. The van der Waals surface area contributed by atoms with Gasteiger partial charge in [0.05, 0.1) is 0 Å². The summed E-state index contributed by atoms with van der Waals surface area (Å²) in [6, 6.07) is 24.6. The van der Waals surface area contributed by atoms with Crippen LogP contribution in [0.1, 0.15) is 10.4 Å². The second kappa shape index (κ2) is 7.92.